The van der Waals surface area contributed by atoms with E-state index in [1.807, 2.05) is 26.2 Å². The summed E-state index contributed by atoms with van der Waals surface area (Å²) < 4.78 is 11.2. The van der Waals surface area contributed by atoms with E-state index in [4.69, 9.17) is 9.47 Å². The van der Waals surface area contributed by atoms with Gasteiger partial charge in [0.2, 0.25) is 0 Å². The van der Waals surface area contributed by atoms with Crippen LogP contribution in [-0.4, -0.2) is 38.7 Å². The number of carbonyl (C=O) groups is 1. The van der Waals surface area contributed by atoms with Crippen LogP contribution in [0.25, 0.3) is 0 Å². The van der Waals surface area contributed by atoms with Gasteiger partial charge in [-0.3, -0.25) is 0 Å². The third kappa shape index (κ3) is 8.33. The van der Waals surface area contributed by atoms with Crippen LogP contribution in [0.4, 0.5) is 10.5 Å². The van der Waals surface area contributed by atoms with Crippen LogP contribution in [0.5, 0.6) is 11.5 Å². The van der Waals surface area contributed by atoms with Gasteiger partial charge in [0.1, 0.15) is 0 Å². The Hall–Kier alpha value is -2.73. The standard InChI is InChI=1S/C24H35N3O3/c1-18(2)7-6-14-30-23-15-21(12-13-22(23)29-5)26-24(28)25-16-19-8-10-20(11-9-19)17-27(3)4/h8-13,15,18H,6-7,14,16-17H2,1-5H3,(H2,25,26,28). The van der Waals surface area contributed by atoms with Crippen LogP contribution in [-0.2, 0) is 13.1 Å². The number of amides is 2. The van der Waals surface area contributed by atoms with E-state index in [9.17, 15) is 4.79 Å². The van der Waals surface area contributed by atoms with Gasteiger partial charge in [0.05, 0.1) is 13.7 Å². The number of anilines is 1. The van der Waals surface area contributed by atoms with Crippen molar-refractivity contribution in [3.8, 4) is 11.5 Å². The van der Waals surface area contributed by atoms with Gasteiger partial charge in [-0.2, -0.15) is 0 Å². The normalized spacial score (nSPS) is 10.9. The fourth-order valence-electron chi connectivity index (χ4n) is 3.03. The van der Waals surface area contributed by atoms with E-state index >= 15 is 0 Å². The molecule has 0 aliphatic heterocycles. The Morgan fingerprint density at radius 2 is 1.73 bits per heavy atom. The minimum atomic E-state index is -0.261. The molecule has 0 saturated carbocycles. The summed E-state index contributed by atoms with van der Waals surface area (Å²) >= 11 is 0. The van der Waals surface area contributed by atoms with Crippen LogP contribution >= 0.6 is 0 Å². The lowest BCUT2D eigenvalue weighted by Gasteiger charge is -2.14. The monoisotopic (exact) mass is 413 g/mol. The van der Waals surface area contributed by atoms with E-state index < -0.39 is 0 Å². The molecule has 0 saturated heterocycles. The van der Waals surface area contributed by atoms with Crippen molar-refractivity contribution >= 4 is 11.7 Å². The highest BCUT2D eigenvalue weighted by atomic mass is 16.5. The maximum absolute atomic E-state index is 12.3. The maximum atomic E-state index is 12.3. The number of hydrogen-bond acceptors (Lipinski definition) is 4. The van der Waals surface area contributed by atoms with Crippen LogP contribution in [0.15, 0.2) is 42.5 Å². The zero-order valence-corrected chi connectivity index (χ0v) is 18.8. The van der Waals surface area contributed by atoms with Crippen molar-refractivity contribution in [1.82, 2.24) is 10.2 Å². The number of nitrogens with one attached hydrogen (secondary N) is 2. The van der Waals surface area contributed by atoms with Gasteiger partial charge in [0.25, 0.3) is 0 Å². The first kappa shape index (κ1) is 23.5. The van der Waals surface area contributed by atoms with Crippen molar-refractivity contribution in [2.24, 2.45) is 5.92 Å². The van der Waals surface area contributed by atoms with E-state index in [2.05, 4.69) is 41.5 Å². The highest BCUT2D eigenvalue weighted by molar-refractivity contribution is 5.89. The van der Waals surface area contributed by atoms with Gasteiger partial charge in [0.15, 0.2) is 11.5 Å². The molecule has 0 aliphatic rings. The third-order valence-electron chi connectivity index (χ3n) is 4.58. The van der Waals surface area contributed by atoms with Crippen molar-refractivity contribution in [3.63, 3.8) is 0 Å². The Balaban J connectivity index is 1.87. The summed E-state index contributed by atoms with van der Waals surface area (Å²) in [5, 5.41) is 5.75. The summed E-state index contributed by atoms with van der Waals surface area (Å²) in [4.78, 5) is 14.4. The average Bonchev–Trinajstić information content (AvgIpc) is 2.70. The molecular formula is C24H35N3O3. The molecule has 6 heteroatoms. The zero-order chi connectivity index (χ0) is 21.9. The van der Waals surface area contributed by atoms with Crippen molar-refractivity contribution in [1.29, 1.82) is 0 Å². The first-order valence-corrected chi connectivity index (χ1v) is 10.5. The smallest absolute Gasteiger partial charge is 0.319 e. The summed E-state index contributed by atoms with van der Waals surface area (Å²) in [6.07, 6.45) is 2.09. The molecule has 0 bridgehead atoms. The quantitative estimate of drug-likeness (QED) is 0.515. The number of methoxy groups -OCH3 is 1. The lowest BCUT2D eigenvalue weighted by atomic mass is 10.1. The molecule has 0 atom stereocenters. The molecule has 2 N–H and O–H groups in total. The molecule has 2 aromatic rings. The summed E-state index contributed by atoms with van der Waals surface area (Å²) in [5.41, 5.74) is 2.96. The maximum Gasteiger partial charge on any atom is 0.319 e. The molecule has 0 fully saturated rings. The molecule has 0 unspecified atom stereocenters. The largest absolute Gasteiger partial charge is 0.493 e. The highest BCUT2D eigenvalue weighted by Crippen LogP contribution is 2.30. The Morgan fingerprint density at radius 1 is 1.03 bits per heavy atom. The van der Waals surface area contributed by atoms with Gasteiger partial charge < -0.3 is 25.0 Å². The molecule has 2 amide bonds. The van der Waals surface area contributed by atoms with Crippen molar-refractivity contribution in [2.75, 3.05) is 33.1 Å². The highest BCUT2D eigenvalue weighted by Gasteiger charge is 2.09. The number of ether oxygens (including phenoxy) is 2. The second-order valence-electron chi connectivity index (χ2n) is 8.11. The minimum absolute atomic E-state index is 0.261. The van der Waals surface area contributed by atoms with Crippen LogP contribution in [0.2, 0.25) is 0 Å². The van der Waals surface area contributed by atoms with Gasteiger partial charge in [-0.25, -0.2) is 4.79 Å². The molecule has 164 valence electrons. The van der Waals surface area contributed by atoms with E-state index in [1.54, 1.807) is 25.3 Å². The van der Waals surface area contributed by atoms with Crippen LogP contribution in [0.3, 0.4) is 0 Å². The molecule has 0 spiro atoms. The molecule has 0 aromatic heterocycles. The van der Waals surface area contributed by atoms with E-state index in [0.29, 0.717) is 36.3 Å². The molecule has 0 aliphatic carbocycles. The first-order valence-electron chi connectivity index (χ1n) is 10.5. The molecule has 0 heterocycles. The number of urea groups is 1. The van der Waals surface area contributed by atoms with Gasteiger partial charge in [0, 0.05) is 24.8 Å². The molecular weight excluding hydrogens is 378 g/mol. The number of carbonyl (C=O) groups excluding carboxylic acids is 1. The van der Waals surface area contributed by atoms with Gasteiger partial charge in [-0.1, -0.05) is 38.1 Å². The fraction of sp³-hybridized carbons (Fsp3) is 0.458. The van der Waals surface area contributed by atoms with Crippen LogP contribution < -0.4 is 20.1 Å². The first-order chi connectivity index (χ1) is 14.4. The topological polar surface area (TPSA) is 62.8 Å². The van der Waals surface area contributed by atoms with E-state index in [-0.39, 0.29) is 6.03 Å². The Kier molecular flexibility index (Phi) is 9.48. The summed E-state index contributed by atoms with van der Waals surface area (Å²) in [5.74, 6) is 1.94. The number of rotatable bonds is 11. The summed E-state index contributed by atoms with van der Waals surface area (Å²) in [6, 6.07) is 13.4. The Bertz CT molecular complexity index is 789. The SMILES string of the molecule is COc1ccc(NC(=O)NCc2ccc(CN(C)C)cc2)cc1OCCCC(C)C. The second-order valence-corrected chi connectivity index (χ2v) is 8.11. The fourth-order valence-corrected chi connectivity index (χ4v) is 3.03. The van der Waals surface area contributed by atoms with Crippen molar-refractivity contribution in [3.05, 3.63) is 53.6 Å². The Labute approximate surface area is 180 Å². The van der Waals surface area contributed by atoms with Gasteiger partial charge in [-0.05, 0) is 56.1 Å². The second kappa shape index (κ2) is 12.1. The minimum Gasteiger partial charge on any atom is -0.493 e. The number of hydrogen-bond donors (Lipinski definition) is 2. The molecule has 0 radical (unpaired) electrons. The molecule has 6 nitrogen and oxygen atoms in total. The van der Waals surface area contributed by atoms with E-state index in [1.165, 1.54) is 5.56 Å². The van der Waals surface area contributed by atoms with Gasteiger partial charge >= 0.3 is 6.03 Å². The Morgan fingerprint density at radius 3 is 2.37 bits per heavy atom. The average molecular weight is 414 g/mol. The summed E-state index contributed by atoms with van der Waals surface area (Å²) in [7, 11) is 5.70. The predicted octanol–water partition coefficient (Wildman–Crippen LogP) is 4.89. The molecule has 2 rings (SSSR count). The van der Waals surface area contributed by atoms with Crippen molar-refractivity contribution < 1.29 is 14.3 Å². The zero-order valence-electron chi connectivity index (χ0n) is 18.8. The van der Waals surface area contributed by atoms with Gasteiger partial charge in [-0.15, -0.1) is 0 Å². The molecule has 30 heavy (non-hydrogen) atoms. The predicted molar refractivity (Wildman–Crippen MR) is 122 cm³/mol. The molecule has 2 aromatic carbocycles. The lowest BCUT2D eigenvalue weighted by molar-refractivity contribution is 0.251. The number of benzene rings is 2. The lowest BCUT2D eigenvalue weighted by Crippen LogP contribution is -2.28. The van der Waals surface area contributed by atoms with E-state index in [0.717, 1.165) is 24.9 Å². The van der Waals surface area contributed by atoms with Crippen LogP contribution in [0, 0.1) is 5.92 Å². The third-order valence-corrected chi connectivity index (χ3v) is 4.58. The number of nitrogens with zero attached hydrogens (tertiary/aromatic N) is 1. The van der Waals surface area contributed by atoms with Crippen LogP contribution in [0.1, 0.15) is 37.8 Å². The summed E-state index contributed by atoms with van der Waals surface area (Å²) in [6.45, 7) is 6.37. The van der Waals surface area contributed by atoms with Crippen molar-refractivity contribution in [2.45, 2.75) is 39.8 Å².